The van der Waals surface area contributed by atoms with E-state index in [9.17, 15) is 0 Å². The zero-order valence-corrected chi connectivity index (χ0v) is 11.4. The van der Waals surface area contributed by atoms with Crippen molar-refractivity contribution >= 4 is 0 Å². The Bertz CT molecular complexity index is 593. The van der Waals surface area contributed by atoms with Gasteiger partial charge in [0, 0.05) is 0 Å². The molecular weight excluding hydrogens is 228 g/mol. The molecule has 0 heterocycles. The lowest BCUT2D eigenvalue weighted by Gasteiger charge is -2.08. The number of hydrogen-bond acceptors (Lipinski definition) is 0. The van der Waals surface area contributed by atoms with E-state index in [4.69, 9.17) is 0 Å². The second kappa shape index (κ2) is 5.44. The Morgan fingerprint density at radius 3 is 2.68 bits per heavy atom. The molecule has 0 atom stereocenters. The van der Waals surface area contributed by atoms with Crippen molar-refractivity contribution in [3.8, 4) is 11.1 Å². The van der Waals surface area contributed by atoms with Gasteiger partial charge in [-0.3, -0.25) is 0 Å². The third-order valence-electron chi connectivity index (χ3n) is 4.05. The fraction of sp³-hybridized carbons (Fsp3) is 0.263. The van der Waals surface area contributed by atoms with Crippen LogP contribution in [0.15, 0.2) is 55.1 Å². The van der Waals surface area contributed by atoms with Crippen LogP contribution in [0, 0.1) is 0 Å². The maximum atomic E-state index is 3.79. The van der Waals surface area contributed by atoms with Crippen LogP contribution in [0.1, 0.15) is 36.0 Å². The van der Waals surface area contributed by atoms with E-state index in [2.05, 4.69) is 49.0 Å². The largest absolute Gasteiger partial charge is 0.103 e. The minimum absolute atomic E-state index is 1.11. The first-order valence-electron chi connectivity index (χ1n) is 7.20. The van der Waals surface area contributed by atoms with Crippen molar-refractivity contribution in [3.63, 3.8) is 0 Å². The lowest BCUT2D eigenvalue weighted by molar-refractivity contribution is 0.745. The highest BCUT2D eigenvalue weighted by Gasteiger charge is 2.19. The van der Waals surface area contributed by atoms with Crippen LogP contribution in [0.3, 0.4) is 0 Å². The summed E-state index contributed by atoms with van der Waals surface area (Å²) in [5.74, 6) is 0. The average Bonchev–Trinajstić information content (AvgIpc) is 2.83. The highest BCUT2D eigenvalue weighted by atomic mass is 14.2. The fourth-order valence-electron chi connectivity index (χ4n) is 3.06. The molecule has 0 radical (unpaired) electrons. The minimum atomic E-state index is 1.11. The fourth-order valence-corrected chi connectivity index (χ4v) is 3.06. The van der Waals surface area contributed by atoms with Crippen LogP contribution in [-0.4, -0.2) is 0 Å². The number of fused-ring (bicyclic) bond motifs is 3. The molecule has 0 amide bonds. The van der Waals surface area contributed by atoms with Crippen molar-refractivity contribution in [2.75, 3.05) is 0 Å². The second-order valence-electron chi connectivity index (χ2n) is 5.31. The summed E-state index contributed by atoms with van der Waals surface area (Å²) >= 11 is 0. The Morgan fingerprint density at radius 2 is 1.79 bits per heavy atom. The van der Waals surface area contributed by atoms with E-state index < -0.39 is 0 Å². The third-order valence-corrected chi connectivity index (χ3v) is 4.05. The van der Waals surface area contributed by atoms with Gasteiger partial charge in [0.15, 0.2) is 0 Å². The standard InChI is InChI=1S/C19H20/c1-2-3-4-5-9-15-11-8-13-18-17-12-7-6-10-16(17)14-19(15)18/h2,6-8,10-13H,1,3-5,9,14H2. The van der Waals surface area contributed by atoms with Crippen molar-refractivity contribution in [2.24, 2.45) is 0 Å². The van der Waals surface area contributed by atoms with E-state index >= 15 is 0 Å². The Balaban J connectivity index is 1.84. The molecule has 0 bridgehead atoms. The van der Waals surface area contributed by atoms with Crippen LogP contribution in [-0.2, 0) is 12.8 Å². The van der Waals surface area contributed by atoms with Gasteiger partial charge in [0.2, 0.25) is 0 Å². The molecule has 2 aromatic rings. The van der Waals surface area contributed by atoms with E-state index in [0.717, 1.165) is 12.8 Å². The molecule has 0 saturated carbocycles. The van der Waals surface area contributed by atoms with Crippen LogP contribution in [0.4, 0.5) is 0 Å². The number of benzene rings is 2. The highest BCUT2D eigenvalue weighted by Crippen LogP contribution is 2.38. The van der Waals surface area contributed by atoms with Gasteiger partial charge >= 0.3 is 0 Å². The summed E-state index contributed by atoms with van der Waals surface area (Å²) in [6.07, 6.45) is 7.98. The van der Waals surface area contributed by atoms with Gasteiger partial charge in [-0.2, -0.15) is 0 Å². The van der Waals surface area contributed by atoms with Crippen molar-refractivity contribution in [2.45, 2.75) is 32.1 Å². The lowest BCUT2D eigenvalue weighted by atomic mass is 9.97. The monoisotopic (exact) mass is 248 g/mol. The van der Waals surface area contributed by atoms with Gasteiger partial charge in [0.25, 0.3) is 0 Å². The molecule has 0 unspecified atom stereocenters. The number of aryl methyl sites for hydroxylation is 1. The zero-order valence-electron chi connectivity index (χ0n) is 11.4. The van der Waals surface area contributed by atoms with Gasteiger partial charge in [-0.15, -0.1) is 6.58 Å². The maximum absolute atomic E-state index is 3.79. The molecule has 3 rings (SSSR count). The van der Waals surface area contributed by atoms with Crippen molar-refractivity contribution in [1.29, 1.82) is 0 Å². The molecule has 1 aliphatic rings. The quantitative estimate of drug-likeness (QED) is 0.432. The van der Waals surface area contributed by atoms with Crippen LogP contribution >= 0.6 is 0 Å². The third kappa shape index (κ3) is 2.35. The number of rotatable bonds is 5. The molecule has 2 aromatic carbocycles. The lowest BCUT2D eigenvalue weighted by Crippen LogP contribution is -1.93. The summed E-state index contributed by atoms with van der Waals surface area (Å²) in [5, 5.41) is 0. The van der Waals surface area contributed by atoms with E-state index in [0.29, 0.717) is 0 Å². The molecular formula is C19H20. The number of hydrogen-bond donors (Lipinski definition) is 0. The average molecular weight is 248 g/mol. The molecule has 0 fully saturated rings. The van der Waals surface area contributed by atoms with Gasteiger partial charge in [-0.05, 0) is 59.9 Å². The van der Waals surface area contributed by atoms with E-state index in [1.165, 1.54) is 41.5 Å². The Hall–Kier alpha value is -1.82. The summed E-state index contributed by atoms with van der Waals surface area (Å²) in [5.41, 5.74) is 7.47. The molecule has 0 aliphatic heterocycles. The first-order valence-corrected chi connectivity index (χ1v) is 7.20. The Kier molecular flexibility index (Phi) is 3.50. The van der Waals surface area contributed by atoms with Crippen LogP contribution in [0.5, 0.6) is 0 Å². The van der Waals surface area contributed by atoms with Crippen molar-refractivity contribution in [1.82, 2.24) is 0 Å². The van der Waals surface area contributed by atoms with Gasteiger partial charge in [-0.25, -0.2) is 0 Å². The van der Waals surface area contributed by atoms with Crippen molar-refractivity contribution in [3.05, 3.63) is 71.8 Å². The van der Waals surface area contributed by atoms with Gasteiger partial charge in [-0.1, -0.05) is 48.5 Å². The van der Waals surface area contributed by atoms with Crippen molar-refractivity contribution < 1.29 is 0 Å². The smallest absolute Gasteiger partial charge is 0.00107 e. The van der Waals surface area contributed by atoms with E-state index in [1.807, 2.05) is 6.08 Å². The van der Waals surface area contributed by atoms with Crippen LogP contribution < -0.4 is 0 Å². The summed E-state index contributed by atoms with van der Waals surface area (Å²) < 4.78 is 0. The van der Waals surface area contributed by atoms with Gasteiger partial charge in [0.05, 0.1) is 0 Å². The predicted molar refractivity (Wildman–Crippen MR) is 82.4 cm³/mol. The zero-order chi connectivity index (χ0) is 13.1. The Morgan fingerprint density at radius 1 is 0.947 bits per heavy atom. The molecule has 1 aliphatic carbocycles. The minimum Gasteiger partial charge on any atom is -0.103 e. The molecule has 0 heteroatoms. The molecule has 0 saturated heterocycles. The van der Waals surface area contributed by atoms with Crippen LogP contribution in [0.25, 0.3) is 11.1 Å². The number of unbranched alkanes of at least 4 members (excludes halogenated alkanes) is 2. The summed E-state index contributed by atoms with van der Waals surface area (Å²) in [6, 6.07) is 15.6. The first kappa shape index (κ1) is 12.2. The normalized spacial score (nSPS) is 12.0. The van der Waals surface area contributed by atoms with E-state index in [-0.39, 0.29) is 0 Å². The summed E-state index contributed by atoms with van der Waals surface area (Å²) in [4.78, 5) is 0. The molecule has 0 nitrogen and oxygen atoms in total. The van der Waals surface area contributed by atoms with Gasteiger partial charge in [0.1, 0.15) is 0 Å². The van der Waals surface area contributed by atoms with Gasteiger partial charge < -0.3 is 0 Å². The molecule has 0 N–H and O–H groups in total. The topological polar surface area (TPSA) is 0 Å². The molecule has 96 valence electrons. The maximum Gasteiger partial charge on any atom is -0.00107 e. The summed E-state index contributed by atoms with van der Waals surface area (Å²) in [7, 11) is 0. The summed E-state index contributed by atoms with van der Waals surface area (Å²) in [6.45, 7) is 3.79. The predicted octanol–water partition coefficient (Wildman–Crippen LogP) is 5.16. The second-order valence-corrected chi connectivity index (χ2v) is 5.31. The van der Waals surface area contributed by atoms with Crippen LogP contribution in [0.2, 0.25) is 0 Å². The molecule has 0 aromatic heterocycles. The molecule has 0 spiro atoms. The molecule has 19 heavy (non-hydrogen) atoms. The van der Waals surface area contributed by atoms with E-state index in [1.54, 1.807) is 5.56 Å². The number of allylic oxidation sites excluding steroid dienone is 1. The highest BCUT2D eigenvalue weighted by molar-refractivity contribution is 5.77. The Labute approximate surface area is 115 Å². The SMILES string of the molecule is C=CCCCCc1cccc2c1Cc1ccccc1-2. The first-order chi connectivity index (χ1) is 9.40.